The van der Waals surface area contributed by atoms with Gasteiger partial charge in [-0.3, -0.25) is 0 Å². The van der Waals surface area contributed by atoms with E-state index >= 15 is 0 Å². The van der Waals surface area contributed by atoms with Gasteiger partial charge >= 0.3 is 0 Å². The van der Waals surface area contributed by atoms with E-state index in [0.29, 0.717) is 12.2 Å². The van der Waals surface area contributed by atoms with E-state index in [0.717, 1.165) is 32.2 Å². The quantitative estimate of drug-likeness (QED) is 0.737. The van der Waals surface area contributed by atoms with Gasteiger partial charge in [0.15, 0.2) is 0 Å². The predicted molar refractivity (Wildman–Crippen MR) is 55.4 cm³/mol. The van der Waals surface area contributed by atoms with Crippen LogP contribution in [0.1, 0.15) is 26.2 Å². The molecule has 0 aliphatic carbocycles. The van der Waals surface area contributed by atoms with Gasteiger partial charge < -0.3 is 14.8 Å². The van der Waals surface area contributed by atoms with Crippen LogP contribution in [0.25, 0.3) is 0 Å². The first kappa shape index (κ1) is 10.4. The Morgan fingerprint density at radius 3 is 2.86 bits per heavy atom. The van der Waals surface area contributed by atoms with Crippen molar-refractivity contribution in [1.29, 1.82) is 0 Å². The lowest BCUT2D eigenvalue weighted by atomic mass is 10.1. The Hall–Kier alpha value is -0.120. The third kappa shape index (κ3) is 2.94. The molecule has 0 saturated carbocycles. The number of rotatable bonds is 4. The lowest BCUT2D eigenvalue weighted by Gasteiger charge is -2.13. The van der Waals surface area contributed by atoms with E-state index in [4.69, 9.17) is 9.47 Å². The maximum absolute atomic E-state index is 5.69. The summed E-state index contributed by atoms with van der Waals surface area (Å²) < 4.78 is 11.4. The highest BCUT2D eigenvalue weighted by atomic mass is 16.5. The first-order chi connectivity index (χ1) is 6.84. The monoisotopic (exact) mass is 199 g/mol. The van der Waals surface area contributed by atoms with E-state index < -0.39 is 0 Å². The Balaban J connectivity index is 1.54. The molecule has 0 amide bonds. The molecule has 0 aromatic heterocycles. The van der Waals surface area contributed by atoms with E-state index in [-0.39, 0.29) is 0 Å². The fraction of sp³-hybridized carbons (Fsp3) is 1.00. The van der Waals surface area contributed by atoms with Gasteiger partial charge in [0.1, 0.15) is 0 Å². The van der Waals surface area contributed by atoms with Crippen molar-refractivity contribution >= 4 is 0 Å². The van der Waals surface area contributed by atoms with Crippen LogP contribution in [-0.4, -0.2) is 38.5 Å². The zero-order valence-electron chi connectivity index (χ0n) is 9.00. The number of hydrogen-bond donors (Lipinski definition) is 1. The maximum atomic E-state index is 5.69. The standard InChI is InChI=1S/C11H21NO2/c1-9-2-3-11(14-9)8-13-7-10-4-5-12-6-10/h9-12H,2-8H2,1H3. The summed E-state index contributed by atoms with van der Waals surface area (Å²) >= 11 is 0. The van der Waals surface area contributed by atoms with Crippen LogP contribution in [0.15, 0.2) is 0 Å². The Morgan fingerprint density at radius 2 is 2.21 bits per heavy atom. The molecule has 0 spiro atoms. The molecule has 82 valence electrons. The molecule has 2 rings (SSSR count). The zero-order chi connectivity index (χ0) is 9.80. The summed E-state index contributed by atoms with van der Waals surface area (Å²) in [7, 11) is 0. The summed E-state index contributed by atoms with van der Waals surface area (Å²) in [6.07, 6.45) is 4.43. The van der Waals surface area contributed by atoms with Gasteiger partial charge in [-0.2, -0.15) is 0 Å². The van der Waals surface area contributed by atoms with Gasteiger partial charge in [0, 0.05) is 6.54 Å². The SMILES string of the molecule is CC1CCC(COCC2CCNC2)O1. The molecule has 2 aliphatic heterocycles. The van der Waals surface area contributed by atoms with Crippen molar-refractivity contribution in [2.75, 3.05) is 26.3 Å². The predicted octanol–water partition coefficient (Wildman–Crippen LogP) is 1.18. The molecule has 3 unspecified atom stereocenters. The summed E-state index contributed by atoms with van der Waals surface area (Å²) in [5.41, 5.74) is 0. The highest BCUT2D eigenvalue weighted by molar-refractivity contribution is 4.72. The molecule has 1 N–H and O–H groups in total. The largest absolute Gasteiger partial charge is 0.378 e. The molecule has 3 atom stereocenters. The summed E-state index contributed by atoms with van der Waals surface area (Å²) in [6, 6.07) is 0. The van der Waals surface area contributed by atoms with Crippen molar-refractivity contribution in [2.24, 2.45) is 5.92 Å². The summed E-state index contributed by atoms with van der Waals surface area (Å²) in [6.45, 7) is 6.12. The minimum atomic E-state index is 0.361. The van der Waals surface area contributed by atoms with Crippen LogP contribution in [0, 0.1) is 5.92 Å². The lowest BCUT2D eigenvalue weighted by Crippen LogP contribution is -2.20. The normalized spacial score (nSPS) is 37.9. The van der Waals surface area contributed by atoms with Crippen LogP contribution in [0.3, 0.4) is 0 Å². The molecule has 2 aliphatic rings. The highest BCUT2D eigenvalue weighted by Crippen LogP contribution is 2.19. The fourth-order valence-electron chi connectivity index (χ4n) is 2.23. The fourth-order valence-corrected chi connectivity index (χ4v) is 2.23. The minimum Gasteiger partial charge on any atom is -0.378 e. The molecule has 2 heterocycles. The van der Waals surface area contributed by atoms with E-state index in [2.05, 4.69) is 12.2 Å². The van der Waals surface area contributed by atoms with E-state index in [1.54, 1.807) is 0 Å². The van der Waals surface area contributed by atoms with Crippen molar-refractivity contribution in [3.8, 4) is 0 Å². The molecule has 2 saturated heterocycles. The second-order valence-corrected chi connectivity index (χ2v) is 4.54. The molecular formula is C11H21NO2. The van der Waals surface area contributed by atoms with Crippen molar-refractivity contribution in [3.05, 3.63) is 0 Å². The van der Waals surface area contributed by atoms with Gasteiger partial charge in [-0.15, -0.1) is 0 Å². The number of ether oxygens (including phenoxy) is 2. The highest BCUT2D eigenvalue weighted by Gasteiger charge is 2.22. The molecule has 2 fully saturated rings. The van der Waals surface area contributed by atoms with Crippen LogP contribution in [0.5, 0.6) is 0 Å². The second-order valence-electron chi connectivity index (χ2n) is 4.54. The zero-order valence-corrected chi connectivity index (χ0v) is 9.00. The van der Waals surface area contributed by atoms with Crippen LogP contribution < -0.4 is 5.32 Å². The Labute approximate surface area is 86.2 Å². The molecule has 0 radical (unpaired) electrons. The van der Waals surface area contributed by atoms with Gasteiger partial charge in [-0.05, 0) is 38.6 Å². The molecule has 14 heavy (non-hydrogen) atoms. The first-order valence-corrected chi connectivity index (χ1v) is 5.78. The second kappa shape index (κ2) is 5.10. The van der Waals surface area contributed by atoms with Crippen molar-refractivity contribution in [1.82, 2.24) is 5.32 Å². The van der Waals surface area contributed by atoms with Crippen molar-refractivity contribution in [3.63, 3.8) is 0 Å². The van der Waals surface area contributed by atoms with Crippen LogP contribution in [0.2, 0.25) is 0 Å². The molecule has 0 aromatic rings. The minimum absolute atomic E-state index is 0.361. The van der Waals surface area contributed by atoms with Gasteiger partial charge in [-0.25, -0.2) is 0 Å². The van der Waals surface area contributed by atoms with E-state index in [9.17, 15) is 0 Å². The third-order valence-electron chi connectivity index (χ3n) is 3.14. The van der Waals surface area contributed by atoms with E-state index in [1.165, 1.54) is 19.3 Å². The topological polar surface area (TPSA) is 30.5 Å². The molecule has 0 bridgehead atoms. The van der Waals surface area contributed by atoms with Crippen LogP contribution in [0.4, 0.5) is 0 Å². The number of hydrogen-bond acceptors (Lipinski definition) is 3. The lowest BCUT2D eigenvalue weighted by molar-refractivity contribution is -0.0161. The average Bonchev–Trinajstić information content (AvgIpc) is 2.77. The average molecular weight is 199 g/mol. The van der Waals surface area contributed by atoms with Crippen molar-refractivity contribution in [2.45, 2.75) is 38.4 Å². The Kier molecular flexibility index (Phi) is 3.79. The van der Waals surface area contributed by atoms with Gasteiger partial charge in [0.05, 0.1) is 25.4 Å². The van der Waals surface area contributed by atoms with Gasteiger partial charge in [-0.1, -0.05) is 0 Å². The third-order valence-corrected chi connectivity index (χ3v) is 3.14. The maximum Gasteiger partial charge on any atom is 0.0813 e. The van der Waals surface area contributed by atoms with Crippen LogP contribution in [-0.2, 0) is 9.47 Å². The van der Waals surface area contributed by atoms with Crippen LogP contribution >= 0.6 is 0 Å². The summed E-state index contributed by atoms with van der Waals surface area (Å²) in [4.78, 5) is 0. The molecule has 3 nitrogen and oxygen atoms in total. The first-order valence-electron chi connectivity index (χ1n) is 5.78. The summed E-state index contributed by atoms with van der Waals surface area (Å²) in [5, 5.41) is 3.35. The Morgan fingerprint density at radius 1 is 1.29 bits per heavy atom. The molecule has 3 heteroatoms. The van der Waals surface area contributed by atoms with E-state index in [1.807, 2.05) is 0 Å². The molecule has 0 aromatic carbocycles. The van der Waals surface area contributed by atoms with Crippen molar-refractivity contribution < 1.29 is 9.47 Å². The molecular weight excluding hydrogens is 178 g/mol. The summed E-state index contributed by atoms with van der Waals surface area (Å²) in [5.74, 6) is 0.730. The van der Waals surface area contributed by atoms with Gasteiger partial charge in [0.25, 0.3) is 0 Å². The number of nitrogens with one attached hydrogen (secondary N) is 1. The Bertz CT molecular complexity index is 169. The van der Waals surface area contributed by atoms with Gasteiger partial charge in [0.2, 0.25) is 0 Å². The smallest absolute Gasteiger partial charge is 0.0813 e.